The van der Waals surface area contributed by atoms with E-state index >= 15 is 0 Å². The first-order valence-corrected chi connectivity index (χ1v) is 44.1. The van der Waals surface area contributed by atoms with Crippen LogP contribution < -0.4 is 5.32 Å². The van der Waals surface area contributed by atoms with Crippen molar-refractivity contribution in [2.75, 3.05) is 19.8 Å². The topological polar surface area (TPSA) is 228 Å². The summed E-state index contributed by atoms with van der Waals surface area (Å²) >= 11 is 0. The summed E-state index contributed by atoms with van der Waals surface area (Å²) in [6.45, 7) is 2.87. The van der Waals surface area contributed by atoms with Gasteiger partial charge in [-0.1, -0.05) is 417 Å². The molecule has 14 heteroatoms. The average Bonchev–Trinajstić information content (AvgIpc) is 0.792. The predicted octanol–water partition coefficient (Wildman–Crippen LogP) is 21.0. The molecule has 0 bridgehead atoms. The maximum atomic E-state index is 13.4. The zero-order chi connectivity index (χ0) is 73.0. The summed E-state index contributed by atoms with van der Waals surface area (Å²) in [5.74, 6) is -0.239. The van der Waals surface area contributed by atoms with Gasteiger partial charge in [0.2, 0.25) is 5.91 Å². The Morgan fingerprint density at radius 2 is 0.634 bits per heavy atom. The van der Waals surface area contributed by atoms with Gasteiger partial charge in [-0.15, -0.1) is 0 Å². The van der Waals surface area contributed by atoms with E-state index in [1.54, 1.807) is 6.08 Å². The van der Waals surface area contributed by atoms with Crippen molar-refractivity contribution in [1.82, 2.24) is 5.32 Å². The molecule has 1 amide bonds. The molecule has 0 aliphatic carbocycles. The number of hydrogen-bond acceptors (Lipinski definition) is 13. The van der Waals surface area contributed by atoms with Crippen LogP contribution in [0.2, 0.25) is 0 Å². The van der Waals surface area contributed by atoms with Crippen LogP contribution in [0.3, 0.4) is 0 Å². The molecule has 9 N–H and O–H groups in total. The number of nitrogens with one attached hydrogen (secondary N) is 1. The van der Waals surface area contributed by atoms with Gasteiger partial charge in [-0.25, -0.2) is 0 Å². The van der Waals surface area contributed by atoms with Gasteiger partial charge in [-0.3, -0.25) is 4.79 Å². The smallest absolute Gasteiger partial charge is 0.220 e. The number of carbonyl (C=O) groups is 1. The normalized spacial score (nSPS) is 21.8. The van der Waals surface area contributed by atoms with Gasteiger partial charge in [0.1, 0.15) is 48.8 Å². The van der Waals surface area contributed by atoms with Crippen molar-refractivity contribution in [3.8, 4) is 0 Å². The van der Waals surface area contributed by atoms with E-state index in [9.17, 15) is 45.6 Å². The van der Waals surface area contributed by atoms with Crippen LogP contribution in [0.25, 0.3) is 0 Å². The molecule has 2 rings (SSSR count). The molecular weight excluding hydrogens is 1270 g/mol. The fourth-order valence-electron chi connectivity index (χ4n) is 15.0. The number of unbranched alkanes of at least 4 members (excludes halogenated alkanes) is 61. The largest absolute Gasteiger partial charge is 0.394 e. The van der Waals surface area contributed by atoms with E-state index in [2.05, 4.69) is 31.3 Å². The standard InChI is InChI=1S/C87H167NO13/c1-3-5-7-9-11-13-15-17-19-21-23-25-27-29-31-33-35-36-37-38-39-40-41-43-45-47-49-51-53-55-57-59-61-63-65-67-69-71-79(92)88-75(74-98-86-84(97)82(95)85(78(73-90)100-86)101-87-83(96)81(94)80(93)77(72-89)99-87)76(91)70-68-66-64-62-60-58-56-54-52-50-48-46-44-42-34-32-30-28-26-24-22-20-18-16-14-12-10-8-6-4-2/h60,62,68,70,75-78,80-87,89-91,93-97H,3-59,61,63-67,69,71-74H2,1-2H3,(H,88,92)/b62-60+,70-68+. The third kappa shape index (κ3) is 53.8. The second-order valence-corrected chi connectivity index (χ2v) is 31.4. The lowest BCUT2D eigenvalue weighted by Gasteiger charge is -2.46. The number of aliphatic hydroxyl groups excluding tert-OH is 8. The molecule has 101 heavy (non-hydrogen) atoms. The van der Waals surface area contributed by atoms with Crippen molar-refractivity contribution in [2.45, 2.75) is 505 Å². The summed E-state index contributed by atoms with van der Waals surface area (Å²) in [6.07, 6.45) is 77.3. The molecule has 598 valence electrons. The highest BCUT2D eigenvalue weighted by Gasteiger charge is 2.51. The number of ether oxygens (including phenoxy) is 4. The molecule has 0 radical (unpaired) electrons. The van der Waals surface area contributed by atoms with E-state index < -0.39 is 86.8 Å². The molecule has 2 aliphatic rings. The first kappa shape index (κ1) is 95.5. The third-order valence-corrected chi connectivity index (χ3v) is 21.9. The Balaban J connectivity index is 1.58. The van der Waals surface area contributed by atoms with E-state index in [-0.39, 0.29) is 18.9 Å². The minimum Gasteiger partial charge on any atom is -0.394 e. The lowest BCUT2D eigenvalue weighted by Crippen LogP contribution is -2.65. The molecule has 2 aliphatic heterocycles. The van der Waals surface area contributed by atoms with Gasteiger partial charge in [0.15, 0.2) is 12.6 Å². The van der Waals surface area contributed by atoms with Gasteiger partial charge in [0.05, 0.1) is 32.0 Å². The Morgan fingerprint density at radius 1 is 0.347 bits per heavy atom. The van der Waals surface area contributed by atoms with Gasteiger partial charge < -0.3 is 65.1 Å². The second kappa shape index (κ2) is 71.4. The molecule has 2 fully saturated rings. The second-order valence-electron chi connectivity index (χ2n) is 31.4. The Bertz CT molecular complexity index is 1790. The van der Waals surface area contributed by atoms with Crippen LogP contribution in [0, 0.1) is 0 Å². The van der Waals surface area contributed by atoms with Crippen molar-refractivity contribution >= 4 is 5.91 Å². The summed E-state index contributed by atoms with van der Waals surface area (Å²) in [5.41, 5.74) is 0. The van der Waals surface area contributed by atoms with Crippen LogP contribution >= 0.6 is 0 Å². The minimum atomic E-state index is -1.79. The number of aliphatic hydroxyl groups is 8. The molecule has 0 aromatic rings. The zero-order valence-electron chi connectivity index (χ0n) is 65.9. The number of amides is 1. The molecule has 12 atom stereocenters. The average molecular weight is 1440 g/mol. The Hall–Kier alpha value is -1.53. The van der Waals surface area contributed by atoms with Gasteiger partial charge in [0.25, 0.3) is 0 Å². The van der Waals surface area contributed by atoms with E-state index in [1.165, 1.54) is 366 Å². The number of rotatable bonds is 76. The first-order valence-electron chi connectivity index (χ1n) is 44.1. The molecule has 14 nitrogen and oxygen atoms in total. The Kier molecular flexibility index (Phi) is 67.5. The van der Waals surface area contributed by atoms with Crippen LogP contribution in [0.1, 0.15) is 431 Å². The number of carbonyl (C=O) groups excluding carboxylic acids is 1. The maximum Gasteiger partial charge on any atom is 0.220 e. The van der Waals surface area contributed by atoms with Crippen molar-refractivity contribution < 1.29 is 64.6 Å². The van der Waals surface area contributed by atoms with Crippen molar-refractivity contribution in [3.05, 3.63) is 24.3 Å². The van der Waals surface area contributed by atoms with E-state index in [4.69, 9.17) is 18.9 Å². The summed E-state index contributed by atoms with van der Waals surface area (Å²) in [5, 5.41) is 87.8. The van der Waals surface area contributed by atoms with Crippen molar-refractivity contribution in [1.29, 1.82) is 0 Å². The predicted molar refractivity (Wildman–Crippen MR) is 420 cm³/mol. The highest BCUT2D eigenvalue weighted by molar-refractivity contribution is 5.76. The summed E-state index contributed by atoms with van der Waals surface area (Å²) in [6, 6.07) is -0.931. The highest BCUT2D eigenvalue weighted by atomic mass is 16.7. The van der Waals surface area contributed by atoms with Gasteiger partial charge in [-0.05, 0) is 32.1 Å². The quantitative estimate of drug-likeness (QED) is 0.0204. The zero-order valence-corrected chi connectivity index (χ0v) is 65.9. The van der Waals surface area contributed by atoms with Gasteiger partial charge in [0, 0.05) is 6.42 Å². The molecule has 0 aromatic heterocycles. The van der Waals surface area contributed by atoms with Crippen molar-refractivity contribution in [2.24, 2.45) is 0 Å². The fourth-order valence-corrected chi connectivity index (χ4v) is 15.0. The Labute approximate surface area is 621 Å². The van der Waals surface area contributed by atoms with E-state index in [0.717, 1.165) is 32.1 Å². The Morgan fingerprint density at radius 3 is 0.970 bits per heavy atom. The molecule has 0 aromatic carbocycles. The monoisotopic (exact) mass is 1430 g/mol. The van der Waals surface area contributed by atoms with Crippen LogP contribution in [0.15, 0.2) is 24.3 Å². The molecule has 12 unspecified atom stereocenters. The molecule has 0 saturated carbocycles. The number of hydrogen-bond donors (Lipinski definition) is 9. The summed E-state index contributed by atoms with van der Waals surface area (Å²) in [4.78, 5) is 13.4. The molecule has 2 heterocycles. The highest BCUT2D eigenvalue weighted by Crippen LogP contribution is 2.31. The van der Waals surface area contributed by atoms with E-state index in [1.807, 2.05) is 6.08 Å². The minimum absolute atomic E-state index is 0.239. The van der Waals surface area contributed by atoms with Crippen LogP contribution in [0.4, 0.5) is 0 Å². The van der Waals surface area contributed by atoms with Crippen molar-refractivity contribution in [3.63, 3.8) is 0 Å². The summed E-state index contributed by atoms with van der Waals surface area (Å²) in [7, 11) is 0. The van der Waals surface area contributed by atoms with Gasteiger partial charge in [-0.2, -0.15) is 0 Å². The van der Waals surface area contributed by atoms with Crippen LogP contribution in [-0.2, 0) is 23.7 Å². The van der Waals surface area contributed by atoms with Crippen LogP contribution in [0.5, 0.6) is 0 Å². The SMILES string of the molecule is CCCCCCCCCCCCCCCCCCCCCCCCCC/C=C/CC/C=C/C(O)C(COC1OC(CO)C(OC2OC(CO)C(O)C(O)C2O)C(O)C1O)NC(=O)CCCCCCCCCCCCCCCCCCCCCCCCCCCCCCCCCCCCCCC. The fraction of sp³-hybridized carbons (Fsp3) is 0.943. The summed E-state index contributed by atoms with van der Waals surface area (Å²) < 4.78 is 22.9. The molecular formula is C87H167NO13. The molecule has 0 spiro atoms. The first-order chi connectivity index (χ1) is 49.6. The third-order valence-electron chi connectivity index (χ3n) is 21.9. The lowest BCUT2D eigenvalue weighted by molar-refractivity contribution is -0.359. The molecule has 2 saturated heterocycles. The number of allylic oxidation sites excluding steroid dienone is 3. The van der Waals surface area contributed by atoms with Crippen LogP contribution in [-0.4, -0.2) is 140 Å². The maximum absolute atomic E-state index is 13.4. The lowest BCUT2D eigenvalue weighted by atomic mass is 9.97. The van der Waals surface area contributed by atoms with E-state index in [0.29, 0.717) is 12.8 Å². The van der Waals surface area contributed by atoms with Gasteiger partial charge >= 0.3 is 0 Å².